The molecule has 1 N–H and O–H groups in total. The van der Waals surface area contributed by atoms with Gasteiger partial charge in [0, 0.05) is 27.8 Å². The second-order valence-corrected chi connectivity index (χ2v) is 9.87. The molecule has 6 heteroatoms. The maximum atomic E-state index is 12.2. The molecule has 0 bridgehead atoms. The van der Waals surface area contributed by atoms with E-state index in [1.54, 1.807) is 23.1 Å². The van der Waals surface area contributed by atoms with Crippen molar-refractivity contribution in [3.05, 3.63) is 50.6 Å². The van der Waals surface area contributed by atoms with Crippen LogP contribution in [0.15, 0.2) is 45.1 Å². The normalized spacial score (nSPS) is 16.5. The summed E-state index contributed by atoms with van der Waals surface area (Å²) in [6, 6.07) is 12.5. The van der Waals surface area contributed by atoms with E-state index < -0.39 is 0 Å². The third kappa shape index (κ3) is 4.31. The van der Waals surface area contributed by atoms with Gasteiger partial charge in [0.05, 0.1) is 9.04 Å². The zero-order valence-corrected chi connectivity index (χ0v) is 15.9. The monoisotopic (exact) mass is 413 g/mol. The minimum absolute atomic E-state index is 0.0376. The van der Waals surface area contributed by atoms with Gasteiger partial charge in [-0.25, -0.2) is 0 Å². The Morgan fingerprint density at radius 2 is 2.18 bits per heavy atom. The van der Waals surface area contributed by atoms with E-state index in [0.717, 1.165) is 24.5 Å². The van der Waals surface area contributed by atoms with Gasteiger partial charge in [0.1, 0.15) is 0 Å². The predicted octanol–water partition coefficient (Wildman–Crippen LogP) is 4.58. The molecule has 1 aliphatic heterocycles. The Kier molecular flexibility index (Phi) is 5.90. The molecule has 1 atom stereocenters. The van der Waals surface area contributed by atoms with Gasteiger partial charge in [-0.3, -0.25) is 4.79 Å². The zero-order chi connectivity index (χ0) is 15.4. The number of carbonyl (C=O) groups is 1. The fraction of sp³-hybridized carbons (Fsp3) is 0.312. The molecule has 0 radical (unpaired) electrons. The van der Waals surface area contributed by atoms with E-state index in [0.29, 0.717) is 0 Å². The number of hydrogen-bond acceptors (Lipinski definition) is 4. The Labute approximate surface area is 151 Å². The van der Waals surface area contributed by atoms with Gasteiger partial charge in [-0.1, -0.05) is 18.2 Å². The number of amides is 1. The first-order valence-corrected chi connectivity index (χ1v) is 10.7. The molecule has 2 aromatic rings. The summed E-state index contributed by atoms with van der Waals surface area (Å²) in [6.45, 7) is 0.740. The third-order valence-corrected chi connectivity index (χ3v) is 7.49. The number of hydrogen-bond donors (Lipinski definition) is 1. The largest absolute Gasteiger partial charge is 0.354 e. The number of fused-ring (bicyclic) bond motifs is 1. The van der Waals surface area contributed by atoms with Crippen LogP contribution in [0.5, 0.6) is 0 Å². The van der Waals surface area contributed by atoms with Crippen LogP contribution < -0.4 is 5.32 Å². The molecule has 116 valence electrons. The average Bonchev–Trinajstić information content (AvgIpc) is 3.12. The third-order valence-electron chi connectivity index (χ3n) is 3.36. The van der Waals surface area contributed by atoms with Crippen molar-refractivity contribution >= 4 is 56.7 Å². The molecular weight excluding hydrogens is 398 g/mol. The molecule has 0 saturated heterocycles. The number of thioether (sulfide) groups is 2. The molecule has 2 heterocycles. The van der Waals surface area contributed by atoms with Gasteiger partial charge in [0.15, 0.2) is 0 Å². The number of carbonyl (C=O) groups excluding carboxylic acids is 1. The second kappa shape index (κ2) is 7.90. The summed E-state index contributed by atoms with van der Waals surface area (Å²) in [5, 5.41) is 3.10. The van der Waals surface area contributed by atoms with Crippen molar-refractivity contribution in [3.63, 3.8) is 0 Å². The van der Waals surface area contributed by atoms with Crippen LogP contribution in [-0.4, -0.2) is 23.5 Å². The van der Waals surface area contributed by atoms with Crippen molar-refractivity contribution in [2.75, 3.05) is 12.3 Å². The smallest absolute Gasteiger partial charge is 0.233 e. The van der Waals surface area contributed by atoms with E-state index >= 15 is 0 Å². The summed E-state index contributed by atoms with van der Waals surface area (Å²) in [5.41, 5.74) is 1.30. The van der Waals surface area contributed by atoms with Crippen LogP contribution in [0.1, 0.15) is 10.4 Å². The van der Waals surface area contributed by atoms with Crippen LogP contribution in [0.4, 0.5) is 0 Å². The van der Waals surface area contributed by atoms with Crippen molar-refractivity contribution in [2.45, 2.75) is 22.3 Å². The lowest BCUT2D eigenvalue weighted by Gasteiger charge is -2.09. The van der Waals surface area contributed by atoms with E-state index in [4.69, 9.17) is 0 Å². The average molecular weight is 414 g/mol. The predicted molar refractivity (Wildman–Crippen MR) is 101 cm³/mol. The van der Waals surface area contributed by atoms with E-state index in [9.17, 15) is 4.79 Å². The molecule has 1 aromatic carbocycles. The lowest BCUT2D eigenvalue weighted by molar-refractivity contribution is -0.120. The summed E-state index contributed by atoms with van der Waals surface area (Å²) in [6.07, 6.45) is 0.850. The molecule has 1 aromatic heterocycles. The molecule has 0 saturated carbocycles. The van der Waals surface area contributed by atoms with Crippen molar-refractivity contribution in [3.8, 4) is 0 Å². The Bertz CT molecular complexity index is 633. The van der Waals surface area contributed by atoms with Gasteiger partial charge < -0.3 is 5.32 Å². The highest BCUT2D eigenvalue weighted by atomic mass is 79.9. The number of halogens is 1. The summed E-state index contributed by atoms with van der Waals surface area (Å²) < 4.78 is 1.18. The molecule has 0 spiro atoms. The number of rotatable bonds is 6. The highest BCUT2D eigenvalue weighted by Crippen LogP contribution is 2.36. The van der Waals surface area contributed by atoms with Crippen molar-refractivity contribution in [1.82, 2.24) is 5.32 Å². The molecule has 22 heavy (non-hydrogen) atoms. The van der Waals surface area contributed by atoms with E-state index in [-0.39, 0.29) is 11.2 Å². The van der Waals surface area contributed by atoms with Gasteiger partial charge in [-0.15, -0.1) is 23.1 Å². The first-order valence-electron chi connectivity index (χ1n) is 7.06. The van der Waals surface area contributed by atoms with Crippen LogP contribution in [-0.2, 0) is 17.0 Å². The lowest BCUT2D eigenvalue weighted by Crippen LogP contribution is -2.33. The van der Waals surface area contributed by atoms with Crippen LogP contribution in [0, 0.1) is 0 Å². The van der Waals surface area contributed by atoms with E-state index in [2.05, 4.69) is 45.5 Å². The topological polar surface area (TPSA) is 29.1 Å². The number of nitrogens with one attached hydrogen (secondary N) is 1. The van der Waals surface area contributed by atoms with Crippen LogP contribution in [0.3, 0.4) is 0 Å². The molecular formula is C16H16BrNOS3. The maximum Gasteiger partial charge on any atom is 0.233 e. The van der Waals surface area contributed by atoms with Gasteiger partial charge >= 0.3 is 0 Å². The maximum absolute atomic E-state index is 12.2. The number of thiophene rings is 1. The summed E-state index contributed by atoms with van der Waals surface area (Å²) in [7, 11) is 0. The van der Waals surface area contributed by atoms with E-state index in [1.807, 2.05) is 23.9 Å². The molecule has 1 unspecified atom stereocenters. The van der Waals surface area contributed by atoms with Gasteiger partial charge in [0.25, 0.3) is 0 Å². The molecule has 0 aliphatic carbocycles. The van der Waals surface area contributed by atoms with Crippen LogP contribution >= 0.6 is 50.8 Å². The summed E-state index contributed by atoms with van der Waals surface area (Å²) in [5.74, 6) is 2.13. The van der Waals surface area contributed by atoms with E-state index in [1.165, 1.54) is 19.1 Å². The highest BCUT2D eigenvalue weighted by Gasteiger charge is 2.27. The fourth-order valence-corrected chi connectivity index (χ4v) is 5.96. The Morgan fingerprint density at radius 1 is 1.32 bits per heavy atom. The number of benzene rings is 1. The van der Waals surface area contributed by atoms with Crippen molar-refractivity contribution < 1.29 is 4.79 Å². The van der Waals surface area contributed by atoms with Gasteiger partial charge in [-0.2, -0.15) is 11.8 Å². The van der Waals surface area contributed by atoms with Crippen molar-refractivity contribution in [1.29, 1.82) is 0 Å². The first-order chi connectivity index (χ1) is 10.7. The standard InChI is InChI=1S/C16H16BrNOS3/c17-15-6-5-12(21-15)10-20-8-7-18-16(19)14-9-11-3-1-2-4-13(11)22-14/h1-6,14H,7-10H2,(H,18,19). The molecule has 2 nitrogen and oxygen atoms in total. The second-order valence-electron chi connectivity index (χ2n) is 4.97. The molecule has 1 amide bonds. The van der Waals surface area contributed by atoms with Crippen molar-refractivity contribution in [2.24, 2.45) is 0 Å². The Morgan fingerprint density at radius 3 is 2.95 bits per heavy atom. The van der Waals surface area contributed by atoms with Crippen LogP contribution in [0.25, 0.3) is 0 Å². The first kappa shape index (κ1) is 16.4. The fourth-order valence-electron chi connectivity index (χ4n) is 2.29. The molecule has 3 rings (SSSR count). The van der Waals surface area contributed by atoms with Crippen LogP contribution in [0.2, 0.25) is 0 Å². The SMILES string of the molecule is O=C(NCCSCc1ccc(Br)s1)C1Cc2ccccc2S1. The molecule has 0 fully saturated rings. The highest BCUT2D eigenvalue weighted by molar-refractivity contribution is 9.11. The minimum atomic E-state index is 0.0376. The Balaban J connectivity index is 1.35. The zero-order valence-electron chi connectivity index (χ0n) is 11.9. The van der Waals surface area contributed by atoms with Gasteiger partial charge in [-0.05, 0) is 46.1 Å². The Hall–Kier alpha value is -0.430. The molecule has 1 aliphatic rings. The quantitative estimate of drug-likeness (QED) is 0.702. The minimum Gasteiger partial charge on any atom is -0.354 e. The lowest BCUT2D eigenvalue weighted by atomic mass is 10.1. The summed E-state index contributed by atoms with van der Waals surface area (Å²) >= 11 is 8.79. The van der Waals surface area contributed by atoms with Gasteiger partial charge in [0.2, 0.25) is 5.91 Å². The summed E-state index contributed by atoms with van der Waals surface area (Å²) in [4.78, 5) is 14.8.